The molecule has 6 heteroatoms. The van der Waals surface area contributed by atoms with E-state index < -0.39 is 10.8 Å². The third-order valence-electron chi connectivity index (χ3n) is 3.76. The summed E-state index contributed by atoms with van der Waals surface area (Å²) < 4.78 is 11.2. The van der Waals surface area contributed by atoms with Gasteiger partial charge in [-0.05, 0) is 42.7 Å². The number of amides is 2. The summed E-state index contributed by atoms with van der Waals surface area (Å²) in [5.41, 5.74) is 1.28. The lowest BCUT2D eigenvalue weighted by Crippen LogP contribution is -2.39. The van der Waals surface area contributed by atoms with Crippen LogP contribution in [0.15, 0.2) is 11.4 Å². The van der Waals surface area contributed by atoms with Crippen LogP contribution in [0.25, 0.3) is 0 Å². The zero-order valence-electron chi connectivity index (χ0n) is 12.0. The minimum absolute atomic E-state index is 0.119. The van der Waals surface area contributed by atoms with Crippen molar-refractivity contribution in [1.82, 2.24) is 10.6 Å². The molecule has 112 valence electrons. The van der Waals surface area contributed by atoms with Gasteiger partial charge in [0.1, 0.15) is 0 Å². The lowest BCUT2D eigenvalue weighted by atomic mass is 9.94. The van der Waals surface area contributed by atoms with Gasteiger partial charge in [0.2, 0.25) is 0 Å². The highest BCUT2D eigenvalue weighted by Gasteiger charge is 2.22. The first kappa shape index (κ1) is 15.5. The van der Waals surface area contributed by atoms with Crippen molar-refractivity contribution in [2.45, 2.75) is 43.9 Å². The molecule has 0 saturated heterocycles. The van der Waals surface area contributed by atoms with Gasteiger partial charge in [-0.3, -0.25) is 4.21 Å². The number of thiophene rings is 1. The predicted octanol–water partition coefficient (Wildman–Crippen LogP) is 2.58. The van der Waals surface area contributed by atoms with Crippen molar-refractivity contribution in [3.63, 3.8) is 0 Å². The highest BCUT2D eigenvalue weighted by molar-refractivity contribution is 7.84. The molecule has 4 nitrogen and oxygen atoms in total. The van der Waals surface area contributed by atoms with Gasteiger partial charge < -0.3 is 10.6 Å². The van der Waals surface area contributed by atoms with E-state index >= 15 is 0 Å². The van der Waals surface area contributed by atoms with Crippen LogP contribution in [-0.2, 0) is 17.2 Å². The fourth-order valence-electron chi connectivity index (χ4n) is 2.40. The molecule has 0 spiro atoms. The Morgan fingerprint density at radius 2 is 2.40 bits per heavy atom. The van der Waals surface area contributed by atoms with Crippen LogP contribution in [0.4, 0.5) is 4.79 Å². The Morgan fingerprint density at radius 1 is 1.60 bits per heavy atom. The number of carbonyl (C=O) groups excluding carboxylic acids is 1. The number of rotatable bonds is 5. The maximum Gasteiger partial charge on any atom is 0.315 e. The van der Waals surface area contributed by atoms with Gasteiger partial charge in [-0.1, -0.05) is 6.92 Å². The van der Waals surface area contributed by atoms with E-state index in [2.05, 4.69) is 22.1 Å². The highest BCUT2D eigenvalue weighted by Crippen LogP contribution is 2.33. The third-order valence-corrected chi connectivity index (χ3v) is 6.13. The third kappa shape index (κ3) is 4.06. The van der Waals surface area contributed by atoms with Crippen LogP contribution in [0.3, 0.4) is 0 Å². The summed E-state index contributed by atoms with van der Waals surface area (Å²) in [6.07, 6.45) is 5.71. The molecule has 20 heavy (non-hydrogen) atoms. The summed E-state index contributed by atoms with van der Waals surface area (Å²) in [5, 5.41) is 8.12. The van der Waals surface area contributed by atoms with E-state index in [4.69, 9.17) is 0 Å². The van der Waals surface area contributed by atoms with Gasteiger partial charge in [0, 0.05) is 33.7 Å². The maximum absolute atomic E-state index is 11.9. The lowest BCUT2D eigenvalue weighted by molar-refractivity contribution is 0.235. The molecule has 1 aliphatic rings. The fourth-order valence-corrected chi connectivity index (χ4v) is 3.84. The zero-order chi connectivity index (χ0) is 14.5. The zero-order valence-corrected chi connectivity index (χ0v) is 13.6. The monoisotopic (exact) mass is 314 g/mol. The number of fused-ring (bicyclic) bond motifs is 1. The predicted molar refractivity (Wildman–Crippen MR) is 84.7 cm³/mol. The second-order valence-corrected chi connectivity index (χ2v) is 8.04. The fraction of sp³-hybridized carbons (Fsp3) is 0.643. The van der Waals surface area contributed by atoms with E-state index in [0.717, 1.165) is 25.7 Å². The Labute approximate surface area is 126 Å². The second-order valence-electron chi connectivity index (χ2n) is 5.24. The van der Waals surface area contributed by atoms with Crippen molar-refractivity contribution >= 4 is 28.2 Å². The molecule has 0 aromatic carbocycles. The van der Waals surface area contributed by atoms with Crippen LogP contribution in [-0.4, -0.2) is 28.3 Å². The van der Waals surface area contributed by atoms with Crippen molar-refractivity contribution in [3.8, 4) is 0 Å². The number of nitrogens with one attached hydrogen (secondary N) is 2. The highest BCUT2D eigenvalue weighted by atomic mass is 32.2. The molecule has 0 saturated carbocycles. The molecule has 0 bridgehead atoms. The molecule has 3 atom stereocenters. The summed E-state index contributed by atoms with van der Waals surface area (Å²) in [7, 11) is -0.826. The van der Waals surface area contributed by atoms with Gasteiger partial charge in [-0.15, -0.1) is 11.3 Å². The molecule has 1 aromatic heterocycles. The molecule has 2 N–H and O–H groups in total. The smallest absolute Gasteiger partial charge is 0.315 e. The normalized spacial score (nSPS) is 20.8. The number of hydrogen-bond acceptors (Lipinski definition) is 3. The quantitative estimate of drug-likeness (QED) is 0.877. The number of aryl methyl sites for hydroxylation is 1. The minimum atomic E-state index is -0.826. The number of carbonyl (C=O) groups is 1. The van der Waals surface area contributed by atoms with Crippen LogP contribution >= 0.6 is 11.3 Å². The molecule has 2 rings (SSSR count). The Balaban J connectivity index is 1.77. The van der Waals surface area contributed by atoms with E-state index in [1.54, 1.807) is 17.6 Å². The Kier molecular flexibility index (Phi) is 5.60. The van der Waals surface area contributed by atoms with E-state index in [0.29, 0.717) is 6.54 Å². The lowest BCUT2D eigenvalue weighted by Gasteiger charge is -2.24. The number of urea groups is 1. The number of hydrogen-bond donors (Lipinski definition) is 2. The summed E-state index contributed by atoms with van der Waals surface area (Å²) in [6, 6.07) is 2.14. The molecule has 0 fully saturated rings. The van der Waals surface area contributed by atoms with Crippen molar-refractivity contribution in [2.75, 3.05) is 12.8 Å². The molecular weight excluding hydrogens is 292 g/mol. The minimum Gasteiger partial charge on any atom is -0.338 e. The van der Waals surface area contributed by atoms with Gasteiger partial charge in [0.05, 0.1) is 6.04 Å². The summed E-state index contributed by atoms with van der Waals surface area (Å²) in [4.78, 5) is 13.3. The van der Waals surface area contributed by atoms with E-state index in [1.807, 2.05) is 6.92 Å². The largest absolute Gasteiger partial charge is 0.338 e. The van der Waals surface area contributed by atoms with Crippen molar-refractivity contribution in [2.24, 2.45) is 0 Å². The van der Waals surface area contributed by atoms with Gasteiger partial charge in [-0.25, -0.2) is 4.79 Å². The Bertz CT molecular complexity index is 487. The van der Waals surface area contributed by atoms with Gasteiger partial charge in [0.25, 0.3) is 0 Å². The first-order valence-corrected chi connectivity index (χ1v) is 9.51. The summed E-state index contributed by atoms with van der Waals surface area (Å²) in [5.74, 6) is 0. The summed E-state index contributed by atoms with van der Waals surface area (Å²) in [6.45, 7) is 2.50. The van der Waals surface area contributed by atoms with Crippen molar-refractivity contribution in [3.05, 3.63) is 21.9 Å². The Hall–Kier alpha value is -0.880. The van der Waals surface area contributed by atoms with Crippen LogP contribution in [0.1, 0.15) is 42.7 Å². The Morgan fingerprint density at radius 3 is 3.15 bits per heavy atom. The van der Waals surface area contributed by atoms with Crippen molar-refractivity contribution < 1.29 is 9.00 Å². The van der Waals surface area contributed by atoms with E-state index in [1.165, 1.54) is 10.4 Å². The molecule has 2 amide bonds. The first-order valence-electron chi connectivity index (χ1n) is 7.00. The first-order chi connectivity index (χ1) is 9.58. The topological polar surface area (TPSA) is 58.2 Å². The van der Waals surface area contributed by atoms with Crippen LogP contribution < -0.4 is 10.6 Å². The molecular formula is C14H22N2O2S2. The average Bonchev–Trinajstić information content (AvgIpc) is 2.87. The second kappa shape index (κ2) is 7.22. The van der Waals surface area contributed by atoms with E-state index in [9.17, 15) is 9.00 Å². The molecule has 1 heterocycles. The van der Waals surface area contributed by atoms with Gasteiger partial charge in [-0.2, -0.15) is 0 Å². The van der Waals surface area contributed by atoms with Crippen molar-refractivity contribution in [1.29, 1.82) is 0 Å². The molecule has 1 aromatic rings. The van der Waals surface area contributed by atoms with Crippen LogP contribution in [0, 0.1) is 0 Å². The van der Waals surface area contributed by atoms with Gasteiger partial charge in [0.15, 0.2) is 0 Å². The standard InChI is InChI=1S/C14H22N2O2S2/c1-10(20(2)18)6-8-15-14(17)16-12-4-3-5-13-11(12)7-9-19-13/h7,9-10,12H,3-6,8H2,1-2H3,(H2,15,16,17)/t10-,12-,20-/m1/s1. The summed E-state index contributed by atoms with van der Waals surface area (Å²) >= 11 is 1.78. The molecule has 0 radical (unpaired) electrons. The molecule has 1 aliphatic carbocycles. The molecule has 0 unspecified atom stereocenters. The maximum atomic E-state index is 11.9. The SMILES string of the molecule is C[C@H](CCNC(=O)N[C@@H]1CCCc2sccc21)[S@@](C)=O. The van der Waals surface area contributed by atoms with E-state index in [-0.39, 0.29) is 17.3 Å². The van der Waals surface area contributed by atoms with Crippen LogP contribution in [0.2, 0.25) is 0 Å². The van der Waals surface area contributed by atoms with Crippen LogP contribution in [0.5, 0.6) is 0 Å². The van der Waals surface area contributed by atoms with Gasteiger partial charge >= 0.3 is 6.03 Å². The molecule has 0 aliphatic heterocycles. The average molecular weight is 314 g/mol.